The highest BCUT2D eigenvalue weighted by molar-refractivity contribution is 7.98. The quantitative estimate of drug-likeness (QED) is 0.434. The zero-order valence-electron chi connectivity index (χ0n) is 17.1. The van der Waals surface area contributed by atoms with Crippen LogP contribution in [-0.4, -0.2) is 30.5 Å². The SMILES string of the molecule is CC(=O)Nc1cccc(-n2c(SCc3cnn(-c4ccccc4)c3)nnc2C2CC2)c1. The summed E-state index contributed by atoms with van der Waals surface area (Å²) in [4.78, 5) is 11.5. The Morgan fingerprint density at radius 3 is 2.68 bits per heavy atom. The number of benzene rings is 2. The predicted molar refractivity (Wildman–Crippen MR) is 121 cm³/mol. The fourth-order valence-corrected chi connectivity index (χ4v) is 4.33. The maximum Gasteiger partial charge on any atom is 0.221 e. The largest absolute Gasteiger partial charge is 0.326 e. The van der Waals surface area contributed by atoms with E-state index >= 15 is 0 Å². The smallest absolute Gasteiger partial charge is 0.221 e. The molecule has 156 valence electrons. The van der Waals surface area contributed by atoms with Crippen molar-refractivity contribution in [2.24, 2.45) is 0 Å². The molecule has 4 aromatic rings. The summed E-state index contributed by atoms with van der Waals surface area (Å²) in [5.74, 6) is 2.09. The van der Waals surface area contributed by atoms with Gasteiger partial charge in [0, 0.05) is 36.0 Å². The van der Waals surface area contributed by atoms with Crippen molar-refractivity contribution >= 4 is 23.4 Å². The third-order valence-electron chi connectivity index (χ3n) is 5.05. The van der Waals surface area contributed by atoms with Gasteiger partial charge in [0.2, 0.25) is 5.91 Å². The molecule has 7 nitrogen and oxygen atoms in total. The third-order valence-corrected chi connectivity index (χ3v) is 6.05. The lowest BCUT2D eigenvalue weighted by Crippen LogP contribution is -2.07. The van der Waals surface area contributed by atoms with Gasteiger partial charge in [0.05, 0.1) is 17.6 Å². The maximum atomic E-state index is 11.5. The molecule has 1 amide bonds. The van der Waals surface area contributed by atoms with Crippen LogP contribution in [0.3, 0.4) is 0 Å². The van der Waals surface area contributed by atoms with E-state index in [0.29, 0.717) is 5.92 Å². The number of carbonyl (C=O) groups is 1. The van der Waals surface area contributed by atoms with Crippen LogP contribution >= 0.6 is 11.8 Å². The van der Waals surface area contributed by atoms with E-state index in [1.54, 1.807) is 11.8 Å². The molecule has 1 saturated carbocycles. The second-order valence-electron chi connectivity index (χ2n) is 7.60. The van der Waals surface area contributed by atoms with Gasteiger partial charge in [0.25, 0.3) is 0 Å². The van der Waals surface area contributed by atoms with Crippen molar-refractivity contribution in [3.63, 3.8) is 0 Å². The molecule has 0 bridgehead atoms. The van der Waals surface area contributed by atoms with Crippen LogP contribution in [0.1, 0.15) is 37.1 Å². The number of carbonyl (C=O) groups excluding carboxylic acids is 1. The Morgan fingerprint density at radius 2 is 1.90 bits per heavy atom. The molecule has 0 aliphatic heterocycles. The van der Waals surface area contributed by atoms with Crippen LogP contribution in [-0.2, 0) is 10.5 Å². The maximum absolute atomic E-state index is 11.5. The summed E-state index contributed by atoms with van der Waals surface area (Å²) in [6.07, 6.45) is 6.21. The fourth-order valence-electron chi connectivity index (χ4n) is 3.45. The lowest BCUT2D eigenvalue weighted by Gasteiger charge is -2.11. The molecule has 1 fully saturated rings. The van der Waals surface area contributed by atoms with Gasteiger partial charge < -0.3 is 5.32 Å². The summed E-state index contributed by atoms with van der Waals surface area (Å²) in [6.45, 7) is 1.51. The molecule has 0 atom stereocenters. The summed E-state index contributed by atoms with van der Waals surface area (Å²) < 4.78 is 4.00. The van der Waals surface area contributed by atoms with Gasteiger partial charge in [-0.1, -0.05) is 36.0 Å². The van der Waals surface area contributed by atoms with Crippen LogP contribution in [0.5, 0.6) is 0 Å². The zero-order valence-corrected chi connectivity index (χ0v) is 17.9. The third kappa shape index (κ3) is 4.39. The fraction of sp³-hybridized carbons (Fsp3) is 0.217. The van der Waals surface area contributed by atoms with E-state index in [-0.39, 0.29) is 5.91 Å². The molecule has 2 aromatic carbocycles. The normalized spacial score (nSPS) is 13.3. The minimum Gasteiger partial charge on any atom is -0.326 e. The van der Waals surface area contributed by atoms with E-state index < -0.39 is 0 Å². The van der Waals surface area contributed by atoms with Crippen molar-refractivity contribution in [2.45, 2.75) is 36.6 Å². The first-order valence-electron chi connectivity index (χ1n) is 10.2. The average Bonchev–Trinajstić information content (AvgIpc) is 3.35. The van der Waals surface area contributed by atoms with Crippen molar-refractivity contribution in [1.29, 1.82) is 0 Å². The van der Waals surface area contributed by atoms with Crippen LogP contribution in [0.15, 0.2) is 72.1 Å². The van der Waals surface area contributed by atoms with Gasteiger partial charge >= 0.3 is 0 Å². The summed E-state index contributed by atoms with van der Waals surface area (Å²) in [5, 5.41) is 17.2. The van der Waals surface area contributed by atoms with Crippen LogP contribution < -0.4 is 5.32 Å². The van der Waals surface area contributed by atoms with Crippen LogP contribution in [0.25, 0.3) is 11.4 Å². The number of aromatic nitrogens is 5. The second-order valence-corrected chi connectivity index (χ2v) is 8.54. The molecule has 8 heteroatoms. The summed E-state index contributed by atoms with van der Waals surface area (Å²) in [7, 11) is 0. The first-order valence-corrected chi connectivity index (χ1v) is 11.2. The number of rotatable bonds is 7. The molecule has 0 radical (unpaired) electrons. The standard InChI is InChI=1S/C23H22N6OS/c1-16(30)25-19-6-5-9-21(12-19)29-22(18-10-11-18)26-27-23(29)31-15-17-13-24-28(14-17)20-7-3-2-4-8-20/h2-9,12-14,18H,10-11,15H2,1H3,(H,25,30). The Bertz CT molecular complexity index is 1210. The lowest BCUT2D eigenvalue weighted by molar-refractivity contribution is -0.114. The molecule has 5 rings (SSSR count). The van der Waals surface area contributed by atoms with Gasteiger partial charge in [-0.3, -0.25) is 9.36 Å². The van der Waals surface area contributed by atoms with Gasteiger partial charge in [0.1, 0.15) is 5.82 Å². The molecule has 0 unspecified atom stereocenters. The highest BCUT2D eigenvalue weighted by Gasteiger charge is 2.31. The van der Waals surface area contributed by atoms with Crippen molar-refractivity contribution in [3.8, 4) is 11.4 Å². The van der Waals surface area contributed by atoms with Gasteiger partial charge in [-0.2, -0.15) is 5.10 Å². The van der Waals surface area contributed by atoms with E-state index in [4.69, 9.17) is 0 Å². The topological polar surface area (TPSA) is 77.6 Å². The Balaban J connectivity index is 1.40. The van der Waals surface area contributed by atoms with Crippen LogP contribution in [0.4, 0.5) is 5.69 Å². The molecule has 0 saturated heterocycles. The first-order chi connectivity index (χ1) is 15.2. The number of anilines is 1. The molecule has 1 aliphatic carbocycles. The number of hydrogen-bond donors (Lipinski definition) is 1. The number of para-hydroxylation sites is 1. The molecule has 0 spiro atoms. The Morgan fingerprint density at radius 1 is 1.10 bits per heavy atom. The van der Waals surface area contributed by atoms with Gasteiger partial charge in [0.15, 0.2) is 5.16 Å². The molecule has 31 heavy (non-hydrogen) atoms. The van der Waals surface area contributed by atoms with E-state index in [0.717, 1.165) is 52.2 Å². The van der Waals surface area contributed by atoms with Crippen molar-refractivity contribution in [3.05, 3.63) is 78.4 Å². The minimum atomic E-state index is -0.0895. The van der Waals surface area contributed by atoms with Gasteiger partial charge in [-0.05, 0) is 43.2 Å². The van der Waals surface area contributed by atoms with Crippen molar-refractivity contribution < 1.29 is 4.79 Å². The Labute approximate surface area is 184 Å². The molecule has 2 heterocycles. The van der Waals surface area contributed by atoms with E-state index in [1.165, 1.54) is 6.92 Å². The number of thioether (sulfide) groups is 1. The van der Waals surface area contributed by atoms with Crippen molar-refractivity contribution in [1.82, 2.24) is 24.5 Å². The van der Waals surface area contributed by atoms with Crippen LogP contribution in [0.2, 0.25) is 0 Å². The number of amides is 1. The van der Waals surface area contributed by atoms with Crippen molar-refractivity contribution in [2.75, 3.05) is 5.32 Å². The summed E-state index contributed by atoms with van der Waals surface area (Å²) >= 11 is 1.64. The average molecular weight is 431 g/mol. The van der Waals surface area contributed by atoms with E-state index in [9.17, 15) is 4.79 Å². The molecular formula is C23H22N6OS. The zero-order chi connectivity index (χ0) is 21.2. The molecular weight excluding hydrogens is 408 g/mol. The Kier molecular flexibility index (Phi) is 5.30. The second kappa shape index (κ2) is 8.39. The van der Waals surface area contributed by atoms with Gasteiger partial charge in [-0.25, -0.2) is 4.68 Å². The van der Waals surface area contributed by atoms with Crippen LogP contribution in [0, 0.1) is 0 Å². The summed E-state index contributed by atoms with van der Waals surface area (Å²) in [5.41, 5.74) is 3.87. The highest BCUT2D eigenvalue weighted by atomic mass is 32.2. The highest BCUT2D eigenvalue weighted by Crippen LogP contribution is 2.41. The van der Waals surface area contributed by atoms with E-state index in [1.807, 2.05) is 71.7 Å². The molecule has 2 aromatic heterocycles. The van der Waals surface area contributed by atoms with Gasteiger partial charge in [-0.15, -0.1) is 10.2 Å². The minimum absolute atomic E-state index is 0.0895. The van der Waals surface area contributed by atoms with E-state index in [2.05, 4.69) is 25.2 Å². The Hall–Kier alpha value is -3.39. The number of nitrogens with zero attached hydrogens (tertiary/aromatic N) is 5. The predicted octanol–water partition coefficient (Wildman–Crippen LogP) is 4.58. The molecule has 1 N–H and O–H groups in total. The lowest BCUT2D eigenvalue weighted by atomic mass is 10.2. The number of nitrogens with one attached hydrogen (secondary N) is 1. The number of hydrogen-bond acceptors (Lipinski definition) is 5. The summed E-state index contributed by atoms with van der Waals surface area (Å²) in [6, 6.07) is 17.9. The molecule has 1 aliphatic rings. The monoisotopic (exact) mass is 430 g/mol. The first kappa shape index (κ1) is 19.6.